The summed E-state index contributed by atoms with van der Waals surface area (Å²) in [5, 5.41) is 11.5. The molecular formula is C15H22NO8P. The Kier molecular flexibility index (Phi) is 8.57. The van der Waals surface area contributed by atoms with Gasteiger partial charge in [0.2, 0.25) is 0 Å². The van der Waals surface area contributed by atoms with Gasteiger partial charge in [0.15, 0.2) is 0 Å². The highest BCUT2D eigenvalue weighted by Gasteiger charge is 2.35. The molecule has 25 heavy (non-hydrogen) atoms. The SMILES string of the molecule is COC(=O)C[C@H](NP(=O)(OCC(C)OC)Oc1ccccc1)C(=O)O. The molecular weight excluding hydrogens is 353 g/mol. The van der Waals surface area contributed by atoms with Crippen LogP contribution in [-0.4, -0.2) is 50.0 Å². The van der Waals surface area contributed by atoms with Crippen LogP contribution >= 0.6 is 7.75 Å². The van der Waals surface area contributed by atoms with Crippen LogP contribution in [0.2, 0.25) is 0 Å². The van der Waals surface area contributed by atoms with E-state index in [1.807, 2.05) is 0 Å². The molecule has 0 aromatic heterocycles. The van der Waals surface area contributed by atoms with Crippen LogP contribution in [0.1, 0.15) is 13.3 Å². The summed E-state index contributed by atoms with van der Waals surface area (Å²) in [7, 11) is -1.53. The summed E-state index contributed by atoms with van der Waals surface area (Å²) in [6.45, 7) is 1.56. The van der Waals surface area contributed by atoms with Crippen molar-refractivity contribution < 1.29 is 37.8 Å². The zero-order chi connectivity index (χ0) is 18.9. The number of ether oxygens (including phenoxy) is 2. The lowest BCUT2D eigenvalue weighted by atomic mass is 10.2. The Morgan fingerprint density at radius 1 is 1.24 bits per heavy atom. The molecule has 0 spiro atoms. The lowest BCUT2D eigenvalue weighted by Crippen LogP contribution is -2.38. The van der Waals surface area contributed by atoms with E-state index in [4.69, 9.17) is 13.8 Å². The van der Waals surface area contributed by atoms with Gasteiger partial charge in [-0.25, -0.2) is 4.57 Å². The molecule has 0 aliphatic carbocycles. The minimum absolute atomic E-state index is 0.113. The average Bonchev–Trinajstić information content (AvgIpc) is 2.59. The highest BCUT2D eigenvalue weighted by molar-refractivity contribution is 7.52. The number of esters is 1. The van der Waals surface area contributed by atoms with Crippen molar-refractivity contribution in [1.82, 2.24) is 5.09 Å². The zero-order valence-electron chi connectivity index (χ0n) is 14.2. The Bertz CT molecular complexity index is 609. The molecule has 1 rings (SSSR count). The number of hydrogen-bond acceptors (Lipinski definition) is 7. The van der Waals surface area contributed by atoms with Gasteiger partial charge in [-0.3, -0.25) is 14.1 Å². The van der Waals surface area contributed by atoms with Gasteiger partial charge in [-0.1, -0.05) is 18.2 Å². The summed E-state index contributed by atoms with van der Waals surface area (Å²) in [5.74, 6) is -1.97. The van der Waals surface area contributed by atoms with E-state index in [0.717, 1.165) is 7.11 Å². The monoisotopic (exact) mass is 375 g/mol. The van der Waals surface area contributed by atoms with Crippen molar-refractivity contribution in [2.45, 2.75) is 25.5 Å². The van der Waals surface area contributed by atoms with E-state index in [0.29, 0.717) is 0 Å². The highest BCUT2D eigenvalue weighted by atomic mass is 31.2. The molecule has 0 bridgehead atoms. The predicted octanol–water partition coefficient (Wildman–Crippen LogP) is 1.83. The van der Waals surface area contributed by atoms with Crippen molar-refractivity contribution >= 4 is 19.7 Å². The van der Waals surface area contributed by atoms with Crippen LogP contribution in [0.4, 0.5) is 0 Å². The molecule has 0 saturated heterocycles. The van der Waals surface area contributed by atoms with Crippen molar-refractivity contribution in [1.29, 1.82) is 0 Å². The molecule has 0 aliphatic heterocycles. The predicted molar refractivity (Wildman–Crippen MR) is 88.3 cm³/mol. The van der Waals surface area contributed by atoms with E-state index in [1.54, 1.807) is 25.1 Å². The normalized spacial score (nSPS) is 15.6. The first-order valence-corrected chi connectivity index (χ1v) is 8.93. The summed E-state index contributed by atoms with van der Waals surface area (Å²) >= 11 is 0. The summed E-state index contributed by atoms with van der Waals surface area (Å²) in [6.07, 6.45) is -0.949. The average molecular weight is 375 g/mol. The molecule has 0 saturated carbocycles. The first kappa shape index (κ1) is 21.1. The lowest BCUT2D eigenvalue weighted by molar-refractivity contribution is -0.147. The molecule has 1 aromatic rings. The number of para-hydroxylation sites is 1. The maximum atomic E-state index is 13.0. The summed E-state index contributed by atoms with van der Waals surface area (Å²) in [5.41, 5.74) is 0. The number of benzene rings is 1. The van der Waals surface area contributed by atoms with Crippen molar-refractivity contribution in [2.75, 3.05) is 20.8 Å². The molecule has 2 unspecified atom stereocenters. The van der Waals surface area contributed by atoms with Crippen LogP contribution in [0, 0.1) is 0 Å². The van der Waals surface area contributed by atoms with Gasteiger partial charge >= 0.3 is 19.7 Å². The first-order chi connectivity index (χ1) is 11.8. The van der Waals surface area contributed by atoms with Crippen molar-refractivity contribution in [3.05, 3.63) is 30.3 Å². The Labute approximate surface area is 145 Å². The molecule has 0 fully saturated rings. The number of aliphatic carboxylic acids is 1. The van der Waals surface area contributed by atoms with Gasteiger partial charge in [-0.05, 0) is 19.1 Å². The second-order valence-corrected chi connectivity index (χ2v) is 6.74. The number of carboxylic acids is 1. The first-order valence-electron chi connectivity index (χ1n) is 7.39. The number of carbonyl (C=O) groups excluding carboxylic acids is 1. The Balaban J connectivity index is 2.96. The molecule has 3 atom stereocenters. The molecule has 0 heterocycles. The number of hydrogen-bond donors (Lipinski definition) is 2. The zero-order valence-corrected chi connectivity index (χ0v) is 15.1. The van der Waals surface area contributed by atoms with E-state index < -0.39 is 38.3 Å². The maximum Gasteiger partial charge on any atom is 0.459 e. The molecule has 9 nitrogen and oxygen atoms in total. The third-order valence-electron chi connectivity index (χ3n) is 3.06. The van der Waals surface area contributed by atoms with Crippen molar-refractivity contribution in [2.24, 2.45) is 0 Å². The molecule has 10 heteroatoms. The third kappa shape index (κ3) is 7.66. The second kappa shape index (κ2) is 10.1. The molecule has 1 aromatic carbocycles. The van der Waals surface area contributed by atoms with Crippen LogP contribution in [0.25, 0.3) is 0 Å². The van der Waals surface area contributed by atoms with E-state index in [1.165, 1.54) is 19.2 Å². The number of nitrogens with one attached hydrogen (secondary N) is 1. The molecule has 0 amide bonds. The largest absolute Gasteiger partial charge is 0.480 e. The smallest absolute Gasteiger partial charge is 0.459 e. The summed E-state index contributed by atoms with van der Waals surface area (Å²) in [4.78, 5) is 22.7. The van der Waals surface area contributed by atoms with Gasteiger partial charge in [0, 0.05) is 7.11 Å². The topological polar surface area (TPSA) is 120 Å². The van der Waals surface area contributed by atoms with Crippen LogP contribution < -0.4 is 9.61 Å². The summed E-state index contributed by atoms with van der Waals surface area (Å²) in [6, 6.07) is 6.60. The Hall–Kier alpha value is -1.93. The number of carboxylic acid groups (broad SMARTS) is 1. The minimum atomic E-state index is -4.10. The summed E-state index contributed by atoms with van der Waals surface area (Å²) < 4.78 is 33.0. The number of rotatable bonds is 11. The van der Waals surface area contributed by atoms with Crippen LogP contribution in [0.15, 0.2) is 30.3 Å². The van der Waals surface area contributed by atoms with Gasteiger partial charge in [-0.15, -0.1) is 0 Å². The fourth-order valence-electron chi connectivity index (χ4n) is 1.61. The van der Waals surface area contributed by atoms with Gasteiger partial charge in [-0.2, -0.15) is 5.09 Å². The molecule has 0 radical (unpaired) electrons. The molecule has 140 valence electrons. The standard InChI is InChI=1S/C15H22NO8P/c1-11(21-2)10-23-25(20,24-12-7-5-4-6-8-12)16-13(15(18)19)9-14(17)22-3/h4-8,11,13H,9-10H2,1-3H3,(H,16,20)(H,18,19)/t11?,13-,25?/m0/s1. The van der Waals surface area contributed by atoms with E-state index in [-0.39, 0.29) is 12.4 Å². The number of carbonyl (C=O) groups is 2. The van der Waals surface area contributed by atoms with Gasteiger partial charge in [0.25, 0.3) is 0 Å². The second-order valence-electron chi connectivity index (χ2n) is 5.04. The molecule has 0 aliphatic rings. The Morgan fingerprint density at radius 3 is 2.40 bits per heavy atom. The fraction of sp³-hybridized carbons (Fsp3) is 0.467. The van der Waals surface area contributed by atoms with Gasteiger partial charge < -0.3 is 19.1 Å². The Morgan fingerprint density at radius 2 is 1.88 bits per heavy atom. The third-order valence-corrected chi connectivity index (χ3v) is 4.63. The van der Waals surface area contributed by atoms with Crippen LogP contribution in [-0.2, 0) is 28.2 Å². The van der Waals surface area contributed by atoms with Crippen LogP contribution in [0.3, 0.4) is 0 Å². The quantitative estimate of drug-likeness (QED) is 0.441. The maximum absolute atomic E-state index is 13.0. The van der Waals surface area contributed by atoms with Gasteiger partial charge in [0.05, 0.1) is 26.2 Å². The highest BCUT2D eigenvalue weighted by Crippen LogP contribution is 2.45. The van der Waals surface area contributed by atoms with E-state index in [2.05, 4.69) is 9.82 Å². The van der Waals surface area contributed by atoms with Crippen molar-refractivity contribution in [3.8, 4) is 5.75 Å². The fourth-order valence-corrected chi connectivity index (χ4v) is 3.18. The van der Waals surface area contributed by atoms with Crippen molar-refractivity contribution in [3.63, 3.8) is 0 Å². The number of methoxy groups -OCH3 is 2. The molecule has 2 N–H and O–H groups in total. The van der Waals surface area contributed by atoms with Gasteiger partial charge in [0.1, 0.15) is 11.8 Å². The van der Waals surface area contributed by atoms with E-state index in [9.17, 15) is 19.3 Å². The minimum Gasteiger partial charge on any atom is -0.480 e. The van der Waals surface area contributed by atoms with Crippen LogP contribution in [0.5, 0.6) is 5.75 Å². The lowest BCUT2D eigenvalue weighted by Gasteiger charge is -2.24. The van der Waals surface area contributed by atoms with E-state index >= 15 is 0 Å².